The molecule has 1 amide bonds. The number of ether oxygens (including phenoxy) is 1. The third-order valence-electron chi connectivity index (χ3n) is 4.12. The van der Waals surface area contributed by atoms with E-state index in [0.29, 0.717) is 19.8 Å². The van der Waals surface area contributed by atoms with Crippen LogP contribution in [0.25, 0.3) is 0 Å². The number of nitrogens with zero attached hydrogens (tertiary/aromatic N) is 1. The lowest BCUT2D eigenvalue weighted by molar-refractivity contribution is -0.149. The Kier molecular flexibility index (Phi) is 7.72. The van der Waals surface area contributed by atoms with Crippen LogP contribution in [0.4, 0.5) is 17.6 Å². The van der Waals surface area contributed by atoms with E-state index in [4.69, 9.17) is 16.2 Å². The number of carbonyl (C=O) groups is 1. The smallest absolute Gasteiger partial charge is 0.381 e. The Bertz CT molecular complexity index is 675. The fourth-order valence-corrected chi connectivity index (χ4v) is 2.49. The van der Waals surface area contributed by atoms with E-state index in [2.05, 4.69) is 15.6 Å². The van der Waals surface area contributed by atoms with Crippen LogP contribution in [0.1, 0.15) is 23.2 Å². The summed E-state index contributed by atoms with van der Waals surface area (Å²) in [5.41, 5.74) is 10.9. The molecule has 2 rings (SSSR count). The average Bonchev–Trinajstić information content (AvgIpc) is 3.12. The van der Waals surface area contributed by atoms with Gasteiger partial charge in [0, 0.05) is 31.1 Å². The van der Waals surface area contributed by atoms with Crippen LogP contribution in [0.2, 0.25) is 0 Å². The number of nitrogens with one attached hydrogen (secondary N) is 2. The fraction of sp³-hybridized carbons (Fsp3) is 0.529. The molecule has 3 atom stereocenters. The first-order chi connectivity index (χ1) is 13.1. The zero-order chi connectivity index (χ0) is 20.7. The number of hydrogen-bond acceptors (Lipinski definition) is 5. The molecule has 156 valence electrons. The van der Waals surface area contributed by atoms with Crippen LogP contribution >= 0.6 is 0 Å². The van der Waals surface area contributed by atoms with Gasteiger partial charge in [-0.25, -0.2) is 4.39 Å². The maximum Gasteiger partial charge on any atom is 0.403 e. The maximum absolute atomic E-state index is 13.0. The van der Waals surface area contributed by atoms with Crippen molar-refractivity contribution in [3.8, 4) is 0 Å². The molecule has 0 aliphatic carbocycles. The molecule has 1 saturated heterocycles. The van der Waals surface area contributed by atoms with Gasteiger partial charge in [-0.2, -0.15) is 13.2 Å². The standard InChI is InChI=1S/C17H23F4N5O2/c18-12-3-1-11(2-4-12)15(27)26-16(24-8-10-5-6-28-9-10)25-14(23)7-13(22)17(19,20)21/h1-4,10,13-14H,5-9,22-23H2,(H2,24,25,26,27). The van der Waals surface area contributed by atoms with Crippen molar-refractivity contribution in [3.63, 3.8) is 0 Å². The minimum atomic E-state index is -4.59. The molecule has 7 nitrogen and oxygen atoms in total. The van der Waals surface area contributed by atoms with Gasteiger partial charge in [-0.1, -0.05) is 0 Å². The zero-order valence-corrected chi connectivity index (χ0v) is 15.0. The van der Waals surface area contributed by atoms with Gasteiger partial charge in [0.1, 0.15) is 11.9 Å². The summed E-state index contributed by atoms with van der Waals surface area (Å²) in [5.74, 6) is -1.06. The lowest BCUT2D eigenvalue weighted by Crippen LogP contribution is -2.53. The van der Waals surface area contributed by atoms with Gasteiger partial charge >= 0.3 is 6.18 Å². The second-order valence-corrected chi connectivity index (χ2v) is 6.51. The Morgan fingerprint density at radius 3 is 2.54 bits per heavy atom. The van der Waals surface area contributed by atoms with E-state index in [1.165, 1.54) is 12.1 Å². The molecule has 6 N–H and O–H groups in total. The number of carbonyl (C=O) groups excluding carboxylic acids is 1. The van der Waals surface area contributed by atoms with Gasteiger partial charge in [0.15, 0.2) is 5.96 Å². The summed E-state index contributed by atoms with van der Waals surface area (Å²) in [6.07, 6.45) is -5.60. The fourth-order valence-electron chi connectivity index (χ4n) is 2.49. The van der Waals surface area contributed by atoms with E-state index in [1.54, 1.807) is 0 Å². The number of amides is 1. The number of halogens is 4. The molecular weight excluding hydrogens is 382 g/mol. The van der Waals surface area contributed by atoms with Crippen molar-refractivity contribution in [1.29, 1.82) is 0 Å². The largest absolute Gasteiger partial charge is 0.403 e. The summed E-state index contributed by atoms with van der Waals surface area (Å²) in [7, 11) is 0. The Hall–Kier alpha value is -2.24. The summed E-state index contributed by atoms with van der Waals surface area (Å²) in [6, 6.07) is 2.65. The van der Waals surface area contributed by atoms with Crippen LogP contribution in [0.5, 0.6) is 0 Å². The summed E-state index contributed by atoms with van der Waals surface area (Å²) in [5, 5.41) is 5.01. The molecule has 1 aliphatic rings. The second-order valence-electron chi connectivity index (χ2n) is 6.51. The molecule has 0 aromatic heterocycles. The predicted molar refractivity (Wildman–Crippen MR) is 94.9 cm³/mol. The molecule has 1 aromatic carbocycles. The summed E-state index contributed by atoms with van der Waals surface area (Å²) in [6.45, 7) is 1.41. The first-order valence-electron chi connectivity index (χ1n) is 8.68. The summed E-state index contributed by atoms with van der Waals surface area (Å²) in [4.78, 5) is 16.5. The lowest BCUT2D eigenvalue weighted by Gasteiger charge is -2.22. The third-order valence-corrected chi connectivity index (χ3v) is 4.12. The van der Waals surface area contributed by atoms with E-state index >= 15 is 0 Å². The minimum absolute atomic E-state index is 0.0805. The number of guanidine groups is 1. The van der Waals surface area contributed by atoms with Gasteiger partial charge in [0.2, 0.25) is 0 Å². The molecule has 0 radical (unpaired) electrons. The van der Waals surface area contributed by atoms with Crippen LogP contribution in [0.15, 0.2) is 29.3 Å². The van der Waals surface area contributed by atoms with Crippen molar-refractivity contribution < 1.29 is 27.1 Å². The van der Waals surface area contributed by atoms with Crippen molar-refractivity contribution in [2.45, 2.75) is 31.2 Å². The number of aliphatic imine (C=N–C) groups is 1. The Balaban J connectivity index is 2.04. The van der Waals surface area contributed by atoms with Crippen LogP contribution in [0.3, 0.4) is 0 Å². The van der Waals surface area contributed by atoms with Crippen LogP contribution < -0.4 is 22.1 Å². The predicted octanol–water partition coefficient (Wildman–Crippen LogP) is 1.10. The highest BCUT2D eigenvalue weighted by atomic mass is 19.4. The number of rotatable bonds is 6. The van der Waals surface area contributed by atoms with Crippen molar-refractivity contribution in [2.75, 3.05) is 19.8 Å². The van der Waals surface area contributed by atoms with Crippen molar-refractivity contribution in [2.24, 2.45) is 22.4 Å². The molecule has 1 fully saturated rings. The molecule has 1 aromatic rings. The van der Waals surface area contributed by atoms with Gasteiger partial charge in [0.25, 0.3) is 5.91 Å². The molecule has 0 spiro atoms. The van der Waals surface area contributed by atoms with Crippen molar-refractivity contribution >= 4 is 11.9 Å². The van der Waals surface area contributed by atoms with E-state index < -0.39 is 36.5 Å². The molecular formula is C17H23F4N5O2. The summed E-state index contributed by atoms with van der Waals surface area (Å²) < 4.78 is 56.1. The second kappa shape index (κ2) is 9.80. The first kappa shape index (κ1) is 22.1. The van der Waals surface area contributed by atoms with Gasteiger partial charge in [0.05, 0.1) is 12.8 Å². The SMILES string of the molecule is NC(CC(N)C(F)(F)F)NC(=NCC1CCOC1)NC(=O)c1ccc(F)cc1. The zero-order valence-electron chi connectivity index (χ0n) is 15.0. The third kappa shape index (κ3) is 7.06. The highest BCUT2D eigenvalue weighted by Crippen LogP contribution is 2.20. The maximum atomic E-state index is 13.0. The number of nitrogens with two attached hydrogens (primary N) is 2. The summed E-state index contributed by atoms with van der Waals surface area (Å²) >= 11 is 0. The monoisotopic (exact) mass is 405 g/mol. The molecule has 0 saturated carbocycles. The van der Waals surface area contributed by atoms with E-state index in [-0.39, 0.29) is 17.4 Å². The van der Waals surface area contributed by atoms with Gasteiger partial charge in [-0.05, 0) is 30.7 Å². The molecule has 28 heavy (non-hydrogen) atoms. The normalized spacial score (nSPS) is 19.9. The van der Waals surface area contributed by atoms with Crippen molar-refractivity contribution in [1.82, 2.24) is 10.6 Å². The van der Waals surface area contributed by atoms with Crippen molar-refractivity contribution in [3.05, 3.63) is 35.6 Å². The molecule has 3 unspecified atom stereocenters. The number of hydrogen-bond donors (Lipinski definition) is 4. The lowest BCUT2D eigenvalue weighted by atomic mass is 10.1. The average molecular weight is 405 g/mol. The topological polar surface area (TPSA) is 115 Å². The quantitative estimate of drug-likeness (QED) is 0.245. The molecule has 0 bridgehead atoms. The minimum Gasteiger partial charge on any atom is -0.381 e. The van der Waals surface area contributed by atoms with E-state index in [1.807, 2.05) is 0 Å². The molecule has 1 aliphatic heterocycles. The van der Waals surface area contributed by atoms with Gasteiger partial charge in [-0.3, -0.25) is 15.1 Å². The Morgan fingerprint density at radius 2 is 1.96 bits per heavy atom. The van der Waals surface area contributed by atoms with Crippen LogP contribution in [-0.4, -0.2) is 50.0 Å². The van der Waals surface area contributed by atoms with Gasteiger partial charge < -0.3 is 21.5 Å². The van der Waals surface area contributed by atoms with Crippen LogP contribution in [-0.2, 0) is 4.74 Å². The molecule has 11 heteroatoms. The van der Waals surface area contributed by atoms with Crippen LogP contribution in [0, 0.1) is 11.7 Å². The highest BCUT2D eigenvalue weighted by molar-refractivity contribution is 6.05. The van der Waals surface area contributed by atoms with E-state index in [0.717, 1.165) is 18.6 Å². The van der Waals surface area contributed by atoms with Gasteiger partial charge in [-0.15, -0.1) is 0 Å². The number of alkyl halides is 3. The van der Waals surface area contributed by atoms with E-state index in [9.17, 15) is 22.4 Å². The highest BCUT2D eigenvalue weighted by Gasteiger charge is 2.37. The number of benzene rings is 1. The Morgan fingerprint density at radius 1 is 1.29 bits per heavy atom. The molecule has 1 heterocycles. The first-order valence-corrected chi connectivity index (χ1v) is 8.68. The Labute approximate surface area is 159 Å².